The van der Waals surface area contributed by atoms with Crippen LogP contribution >= 0.6 is 0 Å². The highest BCUT2D eigenvalue weighted by molar-refractivity contribution is 5.42. The average molecular weight is 428 g/mol. The van der Waals surface area contributed by atoms with Gasteiger partial charge in [-0.05, 0) is 66.4 Å². The molecule has 3 aromatic rings. The van der Waals surface area contributed by atoms with E-state index in [1.807, 2.05) is 48.5 Å². The van der Waals surface area contributed by atoms with Crippen LogP contribution in [0, 0.1) is 0 Å². The van der Waals surface area contributed by atoms with E-state index in [2.05, 4.69) is 4.74 Å². The van der Waals surface area contributed by atoms with E-state index in [0.717, 1.165) is 24.0 Å². The van der Waals surface area contributed by atoms with Gasteiger partial charge in [0.05, 0.1) is 0 Å². The maximum atomic E-state index is 14.8. The molecular weight excluding hydrogens is 408 g/mol. The first kappa shape index (κ1) is 21.0. The second kappa shape index (κ2) is 8.46. The largest absolute Gasteiger partial charge is 0.573 e. The van der Waals surface area contributed by atoms with Crippen molar-refractivity contribution in [1.82, 2.24) is 0 Å². The SMILES string of the molecule is FC(=CC1(c2ccc(OC(F)(F)F)cc2)CC1)Cc1cccc(Oc2ccccc2)c1. The molecule has 3 aromatic carbocycles. The van der Waals surface area contributed by atoms with E-state index in [1.165, 1.54) is 12.1 Å². The Morgan fingerprint density at radius 3 is 2.16 bits per heavy atom. The number of rotatable bonds is 7. The average Bonchev–Trinajstić information content (AvgIpc) is 3.48. The van der Waals surface area contributed by atoms with Crippen molar-refractivity contribution in [2.24, 2.45) is 0 Å². The molecule has 6 heteroatoms. The lowest BCUT2D eigenvalue weighted by atomic mass is 9.94. The molecular formula is C25H20F4O2. The molecule has 0 heterocycles. The van der Waals surface area contributed by atoms with Crippen LogP contribution in [0.1, 0.15) is 24.0 Å². The molecule has 0 aliphatic heterocycles. The Hall–Kier alpha value is -3.28. The second-order valence-corrected chi connectivity index (χ2v) is 7.56. The molecule has 1 saturated carbocycles. The maximum Gasteiger partial charge on any atom is 0.573 e. The fraction of sp³-hybridized carbons (Fsp3) is 0.200. The van der Waals surface area contributed by atoms with Crippen molar-refractivity contribution in [1.29, 1.82) is 0 Å². The Morgan fingerprint density at radius 2 is 1.52 bits per heavy atom. The summed E-state index contributed by atoms with van der Waals surface area (Å²) in [6.07, 6.45) is -1.54. The van der Waals surface area contributed by atoms with Gasteiger partial charge in [0, 0.05) is 11.8 Å². The number of para-hydroxylation sites is 1. The first-order chi connectivity index (χ1) is 14.8. The molecule has 1 aliphatic rings. The molecule has 0 unspecified atom stereocenters. The molecule has 0 bridgehead atoms. The first-order valence-electron chi connectivity index (χ1n) is 9.87. The summed E-state index contributed by atoms with van der Waals surface area (Å²) < 4.78 is 61.5. The zero-order valence-electron chi connectivity index (χ0n) is 16.5. The van der Waals surface area contributed by atoms with Crippen LogP contribution in [0.4, 0.5) is 17.6 Å². The van der Waals surface area contributed by atoms with Crippen molar-refractivity contribution in [2.75, 3.05) is 0 Å². The maximum absolute atomic E-state index is 14.8. The fourth-order valence-electron chi connectivity index (χ4n) is 3.53. The standard InChI is InChI=1S/C25H20F4O2/c26-20(15-18-5-4-8-23(16-18)30-21-6-2-1-3-7-21)17-24(13-14-24)19-9-11-22(12-10-19)31-25(27,28)29/h1-12,16-17H,13-15H2. The van der Waals surface area contributed by atoms with Crippen LogP contribution in [-0.4, -0.2) is 6.36 Å². The molecule has 4 rings (SSSR count). The summed E-state index contributed by atoms with van der Waals surface area (Å²) in [6, 6.07) is 22.2. The van der Waals surface area contributed by atoms with E-state index in [-0.39, 0.29) is 18.0 Å². The van der Waals surface area contributed by atoms with Crippen LogP contribution in [0.25, 0.3) is 0 Å². The minimum Gasteiger partial charge on any atom is -0.457 e. The number of alkyl halides is 3. The first-order valence-corrected chi connectivity index (χ1v) is 9.87. The third kappa shape index (κ3) is 5.66. The third-order valence-electron chi connectivity index (χ3n) is 5.13. The van der Waals surface area contributed by atoms with Crippen molar-refractivity contribution in [3.63, 3.8) is 0 Å². The molecule has 0 atom stereocenters. The summed E-state index contributed by atoms with van der Waals surface area (Å²) in [4.78, 5) is 0. The zero-order chi connectivity index (χ0) is 21.9. The van der Waals surface area contributed by atoms with Crippen molar-refractivity contribution < 1.29 is 27.0 Å². The fourth-order valence-corrected chi connectivity index (χ4v) is 3.53. The van der Waals surface area contributed by atoms with E-state index < -0.39 is 11.8 Å². The highest BCUT2D eigenvalue weighted by atomic mass is 19.4. The van der Waals surface area contributed by atoms with Crippen LogP contribution in [0.15, 0.2) is 90.8 Å². The van der Waals surface area contributed by atoms with E-state index in [4.69, 9.17) is 4.74 Å². The summed E-state index contributed by atoms with van der Waals surface area (Å²) in [5.41, 5.74) is 1.07. The number of allylic oxidation sites excluding steroid dienone is 2. The number of ether oxygens (including phenoxy) is 2. The van der Waals surface area contributed by atoms with Gasteiger partial charge >= 0.3 is 6.36 Å². The Balaban J connectivity index is 1.44. The third-order valence-corrected chi connectivity index (χ3v) is 5.13. The molecule has 0 radical (unpaired) electrons. The van der Waals surface area contributed by atoms with E-state index >= 15 is 0 Å². The second-order valence-electron chi connectivity index (χ2n) is 7.56. The molecule has 1 fully saturated rings. The van der Waals surface area contributed by atoms with Crippen LogP contribution < -0.4 is 9.47 Å². The van der Waals surface area contributed by atoms with Gasteiger partial charge < -0.3 is 9.47 Å². The smallest absolute Gasteiger partial charge is 0.457 e. The predicted octanol–water partition coefficient (Wildman–Crippen LogP) is 7.51. The molecule has 31 heavy (non-hydrogen) atoms. The quantitative estimate of drug-likeness (QED) is 0.363. The van der Waals surface area contributed by atoms with E-state index in [9.17, 15) is 17.6 Å². The predicted molar refractivity (Wildman–Crippen MR) is 110 cm³/mol. The van der Waals surface area contributed by atoms with Crippen molar-refractivity contribution in [3.8, 4) is 17.2 Å². The lowest BCUT2D eigenvalue weighted by Crippen LogP contribution is -2.17. The highest BCUT2D eigenvalue weighted by Gasteiger charge is 2.43. The van der Waals surface area contributed by atoms with Gasteiger partial charge in [0.15, 0.2) is 0 Å². The number of benzene rings is 3. The topological polar surface area (TPSA) is 18.5 Å². The summed E-state index contributed by atoms with van der Waals surface area (Å²) in [6.45, 7) is 0. The van der Waals surface area contributed by atoms with Crippen molar-refractivity contribution >= 4 is 0 Å². The van der Waals surface area contributed by atoms with E-state index in [1.54, 1.807) is 24.3 Å². The van der Waals surface area contributed by atoms with E-state index in [0.29, 0.717) is 11.5 Å². The van der Waals surface area contributed by atoms with Gasteiger partial charge in [-0.1, -0.05) is 42.5 Å². The molecule has 1 aliphatic carbocycles. The Morgan fingerprint density at radius 1 is 0.839 bits per heavy atom. The lowest BCUT2D eigenvalue weighted by Gasteiger charge is -2.14. The van der Waals surface area contributed by atoms with Gasteiger partial charge in [-0.15, -0.1) is 13.2 Å². The van der Waals surface area contributed by atoms with Gasteiger partial charge in [0.2, 0.25) is 0 Å². The van der Waals surface area contributed by atoms with Crippen LogP contribution in [-0.2, 0) is 11.8 Å². The Kier molecular flexibility index (Phi) is 5.72. The summed E-state index contributed by atoms with van der Waals surface area (Å²) in [7, 11) is 0. The molecule has 0 amide bonds. The Bertz CT molecular complexity index is 1050. The molecule has 0 aromatic heterocycles. The lowest BCUT2D eigenvalue weighted by molar-refractivity contribution is -0.274. The normalized spacial score (nSPS) is 15.4. The minimum absolute atomic E-state index is 0.114. The minimum atomic E-state index is -4.73. The van der Waals surface area contributed by atoms with Crippen molar-refractivity contribution in [2.45, 2.75) is 31.0 Å². The molecule has 0 spiro atoms. The van der Waals surface area contributed by atoms with Gasteiger partial charge in [0.25, 0.3) is 0 Å². The Labute approximate surface area is 177 Å². The van der Waals surface area contributed by atoms with Crippen LogP contribution in [0.3, 0.4) is 0 Å². The summed E-state index contributed by atoms with van der Waals surface area (Å²) in [5, 5.41) is 0. The molecule has 2 nitrogen and oxygen atoms in total. The number of hydrogen-bond acceptors (Lipinski definition) is 2. The monoisotopic (exact) mass is 428 g/mol. The van der Waals surface area contributed by atoms with Crippen molar-refractivity contribution in [3.05, 3.63) is 102 Å². The van der Waals surface area contributed by atoms with Gasteiger partial charge in [-0.25, -0.2) is 4.39 Å². The molecule has 0 N–H and O–H groups in total. The highest BCUT2D eigenvalue weighted by Crippen LogP contribution is 2.50. The van der Waals surface area contributed by atoms with Gasteiger partial charge in [-0.3, -0.25) is 0 Å². The summed E-state index contributed by atoms with van der Waals surface area (Å²) in [5.74, 6) is 0.750. The molecule has 160 valence electrons. The van der Waals surface area contributed by atoms with Crippen LogP contribution in [0.5, 0.6) is 17.2 Å². The zero-order valence-corrected chi connectivity index (χ0v) is 16.5. The molecule has 0 saturated heterocycles. The number of hydrogen-bond donors (Lipinski definition) is 0. The summed E-state index contributed by atoms with van der Waals surface area (Å²) >= 11 is 0. The van der Waals surface area contributed by atoms with Gasteiger partial charge in [0.1, 0.15) is 23.1 Å². The van der Waals surface area contributed by atoms with Crippen LogP contribution in [0.2, 0.25) is 0 Å². The number of halogens is 4. The van der Waals surface area contributed by atoms with Gasteiger partial charge in [-0.2, -0.15) is 0 Å².